The molecule has 0 aliphatic heterocycles. The van der Waals surface area contributed by atoms with Gasteiger partial charge in [-0.15, -0.1) is 23.1 Å². The average molecular weight is 364 g/mol. The quantitative estimate of drug-likeness (QED) is 0.833. The number of sulfonamides is 1. The fraction of sp³-hybridized carbons (Fsp3) is 0.0909. The molecule has 0 atom stereocenters. The molecule has 0 saturated heterocycles. The number of nitrogens with one attached hydrogen (secondary N) is 1. The maximum atomic E-state index is 12.2. The van der Waals surface area contributed by atoms with Crippen LogP contribution >= 0.6 is 39.0 Å². The molecule has 0 fully saturated rings. The molecular formula is C11H10BrNO2S3. The Kier molecular flexibility index (Phi) is 4.37. The summed E-state index contributed by atoms with van der Waals surface area (Å²) >= 11 is 5.92. The molecule has 0 aliphatic rings. The third-order valence-electron chi connectivity index (χ3n) is 2.18. The van der Waals surface area contributed by atoms with Gasteiger partial charge in [0, 0.05) is 9.37 Å². The van der Waals surface area contributed by atoms with Crippen LogP contribution in [0.3, 0.4) is 0 Å². The normalized spacial score (nSPS) is 11.4. The van der Waals surface area contributed by atoms with Crippen LogP contribution < -0.4 is 4.72 Å². The summed E-state index contributed by atoms with van der Waals surface area (Å²) in [6.07, 6.45) is 1.91. The van der Waals surface area contributed by atoms with Crippen LogP contribution in [0.5, 0.6) is 0 Å². The second kappa shape index (κ2) is 5.64. The fourth-order valence-electron chi connectivity index (χ4n) is 1.39. The number of anilines is 1. The molecule has 0 saturated carbocycles. The van der Waals surface area contributed by atoms with Gasteiger partial charge in [0.15, 0.2) is 4.21 Å². The van der Waals surface area contributed by atoms with Crippen molar-refractivity contribution in [3.63, 3.8) is 0 Å². The van der Waals surface area contributed by atoms with Gasteiger partial charge in [0.25, 0.3) is 10.0 Å². The second-order valence-electron chi connectivity index (χ2n) is 3.36. The van der Waals surface area contributed by atoms with Crippen molar-refractivity contribution >= 4 is 54.7 Å². The molecule has 3 nitrogen and oxygen atoms in total. The predicted molar refractivity (Wildman–Crippen MR) is 81.1 cm³/mol. The van der Waals surface area contributed by atoms with E-state index in [1.54, 1.807) is 23.6 Å². The molecule has 2 rings (SSSR count). The van der Waals surface area contributed by atoms with E-state index in [0.29, 0.717) is 14.4 Å². The molecule has 18 heavy (non-hydrogen) atoms. The van der Waals surface area contributed by atoms with Crippen molar-refractivity contribution in [3.8, 4) is 0 Å². The predicted octanol–water partition coefficient (Wildman–Crippen LogP) is 4.03. The van der Waals surface area contributed by atoms with Gasteiger partial charge in [-0.2, -0.15) is 0 Å². The molecule has 0 radical (unpaired) electrons. The summed E-state index contributed by atoms with van der Waals surface area (Å²) in [4.78, 5) is 0.897. The molecule has 1 aromatic heterocycles. The van der Waals surface area contributed by atoms with Gasteiger partial charge in [-0.1, -0.05) is 12.1 Å². The van der Waals surface area contributed by atoms with Gasteiger partial charge in [-0.25, -0.2) is 8.42 Å². The zero-order valence-corrected chi connectivity index (χ0v) is 13.4. The summed E-state index contributed by atoms with van der Waals surface area (Å²) in [7, 11) is -3.52. The summed E-state index contributed by atoms with van der Waals surface area (Å²) < 4.78 is 27.9. The van der Waals surface area contributed by atoms with E-state index in [-0.39, 0.29) is 0 Å². The number of hydrogen-bond acceptors (Lipinski definition) is 4. The van der Waals surface area contributed by atoms with Crippen LogP contribution in [0.1, 0.15) is 0 Å². The lowest BCUT2D eigenvalue weighted by Crippen LogP contribution is -2.12. The van der Waals surface area contributed by atoms with E-state index in [2.05, 4.69) is 20.7 Å². The van der Waals surface area contributed by atoms with Gasteiger partial charge in [0.1, 0.15) is 0 Å². The van der Waals surface area contributed by atoms with Gasteiger partial charge in [0.2, 0.25) is 0 Å². The van der Waals surface area contributed by atoms with E-state index in [4.69, 9.17) is 0 Å². The summed E-state index contributed by atoms with van der Waals surface area (Å²) in [5.74, 6) is 0. The number of halogens is 1. The number of thioether (sulfide) groups is 1. The van der Waals surface area contributed by atoms with Crippen LogP contribution in [0.25, 0.3) is 0 Å². The first-order valence-corrected chi connectivity index (χ1v) is 9.31. The minimum atomic E-state index is -3.52. The van der Waals surface area contributed by atoms with Gasteiger partial charge < -0.3 is 0 Å². The molecule has 0 bridgehead atoms. The van der Waals surface area contributed by atoms with Crippen LogP contribution in [-0.4, -0.2) is 14.7 Å². The lowest BCUT2D eigenvalue weighted by Gasteiger charge is -2.10. The molecule has 7 heteroatoms. The van der Waals surface area contributed by atoms with Crippen LogP contribution in [-0.2, 0) is 10.0 Å². The third-order valence-corrected chi connectivity index (χ3v) is 7.01. The standard InChI is InChI=1S/C11H10BrNO2S3/c1-16-10-5-3-2-4-9(10)13-18(14,15)11-8(12)6-7-17-11/h2-7,13H,1H3. The van der Waals surface area contributed by atoms with Crippen LogP contribution in [0, 0.1) is 0 Å². The molecule has 1 N–H and O–H groups in total. The number of rotatable bonds is 4. The fourth-order valence-corrected chi connectivity index (χ4v) is 5.43. The smallest absolute Gasteiger partial charge is 0.272 e. The maximum absolute atomic E-state index is 12.2. The third kappa shape index (κ3) is 2.90. The van der Waals surface area contributed by atoms with Crippen molar-refractivity contribution in [2.45, 2.75) is 9.10 Å². The molecule has 96 valence electrons. The highest BCUT2D eigenvalue weighted by Gasteiger charge is 2.20. The van der Waals surface area contributed by atoms with Crippen LogP contribution in [0.4, 0.5) is 5.69 Å². The Morgan fingerprint density at radius 2 is 2.00 bits per heavy atom. The largest absolute Gasteiger partial charge is 0.278 e. The monoisotopic (exact) mass is 363 g/mol. The first-order valence-electron chi connectivity index (χ1n) is 4.93. The molecule has 0 unspecified atom stereocenters. The first-order chi connectivity index (χ1) is 8.54. The Labute approximate surface area is 123 Å². The van der Waals surface area contributed by atoms with E-state index in [9.17, 15) is 8.42 Å². The molecule has 1 aromatic carbocycles. The van der Waals surface area contributed by atoms with Crippen molar-refractivity contribution in [2.24, 2.45) is 0 Å². The number of hydrogen-bond donors (Lipinski definition) is 1. The van der Waals surface area contributed by atoms with Crippen molar-refractivity contribution in [3.05, 3.63) is 40.2 Å². The van der Waals surface area contributed by atoms with E-state index >= 15 is 0 Å². The van der Waals surface area contributed by atoms with Crippen LogP contribution in [0.15, 0.2) is 49.3 Å². The SMILES string of the molecule is CSc1ccccc1NS(=O)(=O)c1sccc1Br. The molecule has 0 spiro atoms. The minimum absolute atomic E-state index is 0.290. The van der Waals surface area contributed by atoms with Crippen molar-refractivity contribution in [2.75, 3.05) is 11.0 Å². The highest BCUT2D eigenvalue weighted by Crippen LogP contribution is 2.31. The maximum Gasteiger partial charge on any atom is 0.272 e. The Bertz CT molecular complexity index is 652. The van der Waals surface area contributed by atoms with Gasteiger partial charge in [-0.3, -0.25) is 4.72 Å². The zero-order valence-electron chi connectivity index (χ0n) is 9.38. The molecule has 1 heterocycles. The summed E-state index contributed by atoms with van der Waals surface area (Å²) in [6, 6.07) is 9.04. The zero-order chi connectivity index (χ0) is 13.2. The van der Waals surface area contributed by atoms with E-state index in [1.165, 1.54) is 23.1 Å². The van der Waals surface area contributed by atoms with Crippen molar-refractivity contribution in [1.29, 1.82) is 0 Å². The van der Waals surface area contributed by atoms with Crippen molar-refractivity contribution in [1.82, 2.24) is 0 Å². The Morgan fingerprint density at radius 1 is 1.28 bits per heavy atom. The highest BCUT2D eigenvalue weighted by atomic mass is 79.9. The van der Waals surface area contributed by atoms with Gasteiger partial charge in [0.05, 0.1) is 5.69 Å². The second-order valence-corrected chi connectivity index (χ2v) is 7.86. The van der Waals surface area contributed by atoms with E-state index in [1.807, 2.05) is 18.4 Å². The molecule has 0 amide bonds. The van der Waals surface area contributed by atoms with Crippen LogP contribution in [0.2, 0.25) is 0 Å². The lowest BCUT2D eigenvalue weighted by molar-refractivity contribution is 0.602. The number of benzene rings is 1. The van der Waals surface area contributed by atoms with Crippen molar-refractivity contribution < 1.29 is 8.42 Å². The number of thiophene rings is 1. The highest BCUT2D eigenvalue weighted by molar-refractivity contribution is 9.10. The summed E-state index contributed by atoms with van der Waals surface area (Å²) in [5.41, 5.74) is 0.602. The minimum Gasteiger partial charge on any atom is -0.278 e. The summed E-state index contributed by atoms with van der Waals surface area (Å²) in [5, 5.41) is 1.74. The number of para-hydroxylation sites is 1. The first kappa shape index (κ1) is 13.9. The Balaban J connectivity index is 2.37. The van der Waals surface area contributed by atoms with E-state index in [0.717, 1.165) is 4.90 Å². The molecule has 0 aliphatic carbocycles. The lowest BCUT2D eigenvalue weighted by atomic mass is 10.3. The van der Waals surface area contributed by atoms with E-state index < -0.39 is 10.0 Å². The topological polar surface area (TPSA) is 46.2 Å². The van der Waals surface area contributed by atoms with Gasteiger partial charge >= 0.3 is 0 Å². The summed E-state index contributed by atoms with van der Waals surface area (Å²) in [6.45, 7) is 0. The Hall–Kier alpha value is -0.500. The Morgan fingerprint density at radius 3 is 2.61 bits per heavy atom. The van der Waals surface area contributed by atoms with Gasteiger partial charge in [-0.05, 0) is 45.8 Å². The molecule has 2 aromatic rings. The average Bonchev–Trinajstić information content (AvgIpc) is 2.76. The molecular weight excluding hydrogens is 354 g/mol.